The van der Waals surface area contributed by atoms with Crippen molar-refractivity contribution in [1.29, 1.82) is 0 Å². The highest BCUT2D eigenvalue weighted by molar-refractivity contribution is 6.11. The lowest BCUT2D eigenvalue weighted by atomic mass is 9.95. The number of nitrogens with zero attached hydrogens (tertiary/aromatic N) is 1. The van der Waals surface area contributed by atoms with E-state index in [1.165, 1.54) is 0 Å². The van der Waals surface area contributed by atoms with E-state index in [2.05, 4.69) is 20.9 Å². The van der Waals surface area contributed by atoms with Crippen molar-refractivity contribution in [3.8, 4) is 16.9 Å². The molecule has 4 N–H and O–H groups in total. The number of benzene rings is 3. The smallest absolute Gasteiger partial charge is 0.255 e. The number of rotatable bonds is 8. The number of para-hydroxylation sites is 1. The fourth-order valence-electron chi connectivity index (χ4n) is 3.97. The number of phenols is 1. The maximum atomic E-state index is 12.9. The fourth-order valence-corrected chi connectivity index (χ4v) is 3.97. The Bertz CT molecular complexity index is 1170. The van der Waals surface area contributed by atoms with Gasteiger partial charge in [-0.05, 0) is 74.6 Å². The zero-order chi connectivity index (χ0) is 23.4. The summed E-state index contributed by atoms with van der Waals surface area (Å²) < 4.78 is 0. The van der Waals surface area contributed by atoms with Crippen molar-refractivity contribution in [3.05, 3.63) is 77.4 Å². The lowest BCUT2D eigenvalue weighted by Crippen LogP contribution is -2.17. The Morgan fingerprint density at radius 3 is 2.52 bits per heavy atom. The van der Waals surface area contributed by atoms with Gasteiger partial charge in [-0.1, -0.05) is 24.3 Å². The van der Waals surface area contributed by atoms with Gasteiger partial charge in [-0.15, -0.1) is 0 Å². The Morgan fingerprint density at radius 2 is 1.79 bits per heavy atom. The van der Waals surface area contributed by atoms with Crippen molar-refractivity contribution in [3.63, 3.8) is 0 Å². The van der Waals surface area contributed by atoms with E-state index >= 15 is 0 Å². The molecule has 7 nitrogen and oxygen atoms in total. The molecule has 7 heteroatoms. The van der Waals surface area contributed by atoms with Crippen LogP contribution in [-0.4, -0.2) is 49.0 Å². The molecule has 1 aliphatic heterocycles. The molecule has 0 atom stereocenters. The molecule has 0 aromatic heterocycles. The zero-order valence-electron chi connectivity index (χ0n) is 18.8. The number of carbonyl (C=O) groups is 2. The Hall–Kier alpha value is -3.84. The normalized spacial score (nSPS) is 12.4. The van der Waals surface area contributed by atoms with Gasteiger partial charge in [-0.3, -0.25) is 9.59 Å². The Morgan fingerprint density at radius 1 is 1.03 bits per heavy atom. The van der Waals surface area contributed by atoms with Crippen LogP contribution in [0.3, 0.4) is 0 Å². The molecule has 170 valence electrons. The molecule has 4 rings (SSSR count). The largest absolute Gasteiger partial charge is 0.507 e. The standard InChI is InChI=1S/C26H28N4O3/c1-30(2)15-5-14-27-18-10-8-17(9-11-18)25(32)29-22-13-12-19(20-6-3-4-7-23(20)31)21-16-28-26(33)24(21)22/h3-4,6-13,27,31H,5,14-16H2,1-2H3,(H,28,33)(H,29,32). The van der Waals surface area contributed by atoms with Crippen LogP contribution in [0.4, 0.5) is 11.4 Å². The minimum atomic E-state index is -0.286. The number of hydrogen-bond acceptors (Lipinski definition) is 5. The third-order valence-corrected chi connectivity index (χ3v) is 5.67. The van der Waals surface area contributed by atoms with Crippen LogP contribution in [0.1, 0.15) is 32.7 Å². The molecule has 1 aliphatic rings. The summed E-state index contributed by atoms with van der Waals surface area (Å²) in [5.74, 6) is -0.382. The summed E-state index contributed by atoms with van der Waals surface area (Å²) in [4.78, 5) is 27.6. The van der Waals surface area contributed by atoms with Crippen molar-refractivity contribution in [2.24, 2.45) is 0 Å². The number of amides is 2. The second-order valence-corrected chi connectivity index (χ2v) is 8.33. The summed E-state index contributed by atoms with van der Waals surface area (Å²) in [6.07, 6.45) is 1.03. The first-order valence-corrected chi connectivity index (χ1v) is 11.0. The van der Waals surface area contributed by atoms with Gasteiger partial charge in [-0.2, -0.15) is 0 Å². The molecule has 1 heterocycles. The van der Waals surface area contributed by atoms with Gasteiger partial charge in [-0.25, -0.2) is 0 Å². The third-order valence-electron chi connectivity index (χ3n) is 5.67. The molecule has 0 saturated heterocycles. The number of phenolic OH excluding ortho intramolecular Hbond substituents is 1. The van der Waals surface area contributed by atoms with Crippen molar-refractivity contribution >= 4 is 23.2 Å². The third kappa shape index (κ3) is 4.99. The number of nitrogens with one attached hydrogen (secondary N) is 3. The predicted octanol–water partition coefficient (Wildman–Crippen LogP) is 3.92. The highest BCUT2D eigenvalue weighted by atomic mass is 16.3. The SMILES string of the molecule is CN(C)CCCNc1ccc(C(=O)Nc2ccc(-c3ccccc3O)c3c2C(=O)NC3)cc1. The Kier molecular flexibility index (Phi) is 6.60. The summed E-state index contributed by atoms with van der Waals surface area (Å²) in [6, 6.07) is 17.8. The van der Waals surface area contributed by atoms with E-state index in [0.29, 0.717) is 28.9 Å². The topological polar surface area (TPSA) is 93.7 Å². The summed E-state index contributed by atoms with van der Waals surface area (Å²) in [5.41, 5.74) is 4.53. The molecule has 0 radical (unpaired) electrons. The zero-order valence-corrected chi connectivity index (χ0v) is 18.8. The number of carbonyl (C=O) groups excluding carboxylic acids is 2. The average Bonchev–Trinajstić information content (AvgIpc) is 3.20. The quantitative estimate of drug-likeness (QED) is 0.395. The van der Waals surface area contributed by atoms with Gasteiger partial charge in [0.15, 0.2) is 0 Å². The van der Waals surface area contributed by atoms with E-state index in [-0.39, 0.29) is 17.6 Å². The molecule has 0 saturated carbocycles. The van der Waals surface area contributed by atoms with Crippen LogP contribution in [0.15, 0.2) is 60.7 Å². The molecule has 0 fully saturated rings. The van der Waals surface area contributed by atoms with Crippen LogP contribution in [0.2, 0.25) is 0 Å². The van der Waals surface area contributed by atoms with Crippen molar-refractivity contribution < 1.29 is 14.7 Å². The number of aromatic hydroxyl groups is 1. The lowest BCUT2D eigenvalue weighted by Gasteiger charge is -2.14. The second kappa shape index (κ2) is 9.75. The monoisotopic (exact) mass is 444 g/mol. The van der Waals surface area contributed by atoms with Crippen LogP contribution >= 0.6 is 0 Å². The first kappa shape index (κ1) is 22.4. The second-order valence-electron chi connectivity index (χ2n) is 8.33. The summed E-state index contributed by atoms with van der Waals surface area (Å²) in [7, 11) is 4.09. The van der Waals surface area contributed by atoms with Gasteiger partial charge < -0.3 is 26.0 Å². The van der Waals surface area contributed by atoms with Gasteiger partial charge in [0.05, 0.1) is 11.3 Å². The van der Waals surface area contributed by atoms with Crippen LogP contribution < -0.4 is 16.0 Å². The van der Waals surface area contributed by atoms with Crippen LogP contribution in [0, 0.1) is 0 Å². The molecule has 0 spiro atoms. The van der Waals surface area contributed by atoms with Crippen molar-refractivity contribution in [1.82, 2.24) is 10.2 Å². The molecular formula is C26H28N4O3. The van der Waals surface area contributed by atoms with Gasteiger partial charge in [0.2, 0.25) is 0 Å². The molecular weight excluding hydrogens is 416 g/mol. The minimum absolute atomic E-state index is 0.145. The highest BCUT2D eigenvalue weighted by Gasteiger charge is 2.27. The minimum Gasteiger partial charge on any atom is -0.507 e. The molecule has 3 aromatic carbocycles. The number of anilines is 2. The van der Waals surface area contributed by atoms with Crippen LogP contribution in [0.5, 0.6) is 5.75 Å². The summed E-state index contributed by atoms with van der Waals surface area (Å²) in [5, 5.41) is 19.3. The molecule has 33 heavy (non-hydrogen) atoms. The fraction of sp³-hybridized carbons (Fsp3) is 0.231. The summed E-state index contributed by atoms with van der Waals surface area (Å²) in [6.45, 7) is 2.21. The molecule has 0 aliphatic carbocycles. The lowest BCUT2D eigenvalue weighted by molar-refractivity contribution is 0.0966. The van der Waals surface area contributed by atoms with Crippen molar-refractivity contribution in [2.45, 2.75) is 13.0 Å². The Labute approximate surface area is 193 Å². The van der Waals surface area contributed by atoms with E-state index in [1.54, 1.807) is 30.3 Å². The predicted molar refractivity (Wildman–Crippen MR) is 131 cm³/mol. The maximum absolute atomic E-state index is 12.9. The molecule has 3 aromatic rings. The van der Waals surface area contributed by atoms with Crippen molar-refractivity contribution in [2.75, 3.05) is 37.8 Å². The van der Waals surface area contributed by atoms with Gasteiger partial charge in [0.1, 0.15) is 5.75 Å². The Balaban J connectivity index is 1.50. The van der Waals surface area contributed by atoms with Gasteiger partial charge in [0, 0.05) is 29.9 Å². The number of hydrogen-bond donors (Lipinski definition) is 4. The number of fused-ring (bicyclic) bond motifs is 1. The van der Waals surface area contributed by atoms with Crippen LogP contribution in [0.25, 0.3) is 11.1 Å². The van der Waals surface area contributed by atoms with Crippen LogP contribution in [-0.2, 0) is 6.54 Å². The van der Waals surface area contributed by atoms with E-state index < -0.39 is 0 Å². The van der Waals surface area contributed by atoms with E-state index in [1.807, 2.05) is 44.4 Å². The van der Waals surface area contributed by atoms with E-state index in [4.69, 9.17) is 0 Å². The van der Waals surface area contributed by atoms with Gasteiger partial charge in [0.25, 0.3) is 11.8 Å². The van der Waals surface area contributed by atoms with Gasteiger partial charge >= 0.3 is 0 Å². The highest BCUT2D eigenvalue weighted by Crippen LogP contribution is 2.37. The molecule has 0 bridgehead atoms. The summed E-state index contributed by atoms with van der Waals surface area (Å²) >= 11 is 0. The van der Waals surface area contributed by atoms with E-state index in [9.17, 15) is 14.7 Å². The molecule has 0 unspecified atom stereocenters. The van der Waals surface area contributed by atoms with E-state index in [0.717, 1.165) is 36.3 Å². The maximum Gasteiger partial charge on any atom is 0.255 e. The first-order valence-electron chi connectivity index (χ1n) is 11.0. The average molecular weight is 445 g/mol. The molecule has 2 amide bonds. The first-order chi connectivity index (χ1) is 15.9.